The Morgan fingerprint density at radius 3 is 3.09 bits per heavy atom. The second-order valence-corrected chi connectivity index (χ2v) is 1.67. The van der Waals surface area contributed by atoms with E-state index in [1.807, 2.05) is 5.43 Å². The number of hydrogen-bond acceptors (Lipinski definition) is 3. The molecule has 6 heteroatoms. The van der Waals surface area contributed by atoms with E-state index in [2.05, 4.69) is 15.4 Å². The summed E-state index contributed by atoms with van der Waals surface area (Å²) in [6.45, 7) is 0. The molecule has 0 aliphatic rings. The van der Waals surface area contributed by atoms with E-state index in [1.165, 1.54) is 12.5 Å². The number of imidazole rings is 1. The van der Waals surface area contributed by atoms with Crippen LogP contribution in [0.25, 0.3) is 0 Å². The van der Waals surface area contributed by atoms with Gasteiger partial charge < -0.3 is 4.98 Å². The zero-order valence-electron chi connectivity index (χ0n) is 5.50. The monoisotopic (exact) mass is 154 g/mol. The zero-order valence-corrected chi connectivity index (χ0v) is 5.50. The van der Waals surface area contributed by atoms with Gasteiger partial charge in [0.15, 0.2) is 0 Å². The van der Waals surface area contributed by atoms with Crippen molar-refractivity contribution in [1.82, 2.24) is 20.8 Å². The smallest absolute Gasteiger partial charge is 0.289 e. The Labute approximate surface area is 62.0 Å². The lowest BCUT2D eigenvalue weighted by Crippen LogP contribution is -2.36. The van der Waals surface area contributed by atoms with Crippen molar-refractivity contribution in [2.24, 2.45) is 0 Å². The number of nitrogens with zero attached hydrogens (tertiary/aromatic N) is 1. The molecule has 0 bridgehead atoms. The maximum absolute atomic E-state index is 10.8. The topological polar surface area (TPSA) is 86.9 Å². The number of hydrogen-bond donors (Lipinski definition) is 3. The Bertz CT molecular complexity index is 243. The molecule has 0 radical (unpaired) electrons. The molecule has 1 aromatic rings. The summed E-state index contributed by atoms with van der Waals surface area (Å²) in [6.07, 6.45) is 3.15. The number of aromatic amines is 1. The second-order valence-electron chi connectivity index (χ2n) is 1.67. The molecule has 3 N–H and O–H groups in total. The normalized spacial score (nSPS) is 8.73. The number of hydrazine groups is 1. The minimum absolute atomic E-state index is 0.222. The quantitative estimate of drug-likeness (QED) is 0.377. The summed E-state index contributed by atoms with van der Waals surface area (Å²) in [6, 6.07) is 0. The number of nitrogens with one attached hydrogen (secondary N) is 3. The number of carbonyl (C=O) groups is 2. The number of carbonyl (C=O) groups excluding carboxylic acids is 2. The maximum Gasteiger partial charge on any atom is 0.289 e. The van der Waals surface area contributed by atoms with Gasteiger partial charge in [0.05, 0.1) is 6.33 Å². The van der Waals surface area contributed by atoms with Gasteiger partial charge in [-0.2, -0.15) is 0 Å². The van der Waals surface area contributed by atoms with Crippen LogP contribution in [-0.2, 0) is 4.79 Å². The zero-order chi connectivity index (χ0) is 8.10. The van der Waals surface area contributed by atoms with Gasteiger partial charge in [-0.05, 0) is 0 Å². The van der Waals surface area contributed by atoms with E-state index in [-0.39, 0.29) is 5.69 Å². The molecule has 0 saturated carbocycles. The molecule has 0 aliphatic carbocycles. The van der Waals surface area contributed by atoms with E-state index in [4.69, 9.17) is 0 Å². The average molecular weight is 154 g/mol. The highest BCUT2D eigenvalue weighted by molar-refractivity contribution is 5.92. The first-order valence-electron chi connectivity index (χ1n) is 2.83. The van der Waals surface area contributed by atoms with Crippen LogP contribution in [0.15, 0.2) is 12.5 Å². The van der Waals surface area contributed by atoms with E-state index < -0.39 is 5.91 Å². The lowest BCUT2D eigenvalue weighted by atomic mass is 10.5. The fraction of sp³-hybridized carbons (Fsp3) is 0. The number of H-pyrrole nitrogens is 1. The van der Waals surface area contributed by atoms with Crippen LogP contribution >= 0.6 is 0 Å². The Morgan fingerprint density at radius 2 is 2.55 bits per heavy atom. The molecular formula is C5H6N4O2. The molecule has 0 saturated heterocycles. The molecule has 2 amide bonds. The Morgan fingerprint density at radius 1 is 1.73 bits per heavy atom. The van der Waals surface area contributed by atoms with Crippen molar-refractivity contribution < 1.29 is 9.59 Å². The van der Waals surface area contributed by atoms with Crippen LogP contribution in [0.3, 0.4) is 0 Å². The predicted octanol–water partition coefficient (Wildman–Crippen LogP) is -1.20. The number of aromatic nitrogens is 2. The molecule has 0 unspecified atom stereocenters. The minimum Gasteiger partial charge on any atom is -0.350 e. The predicted molar refractivity (Wildman–Crippen MR) is 35.3 cm³/mol. The molecule has 6 nitrogen and oxygen atoms in total. The van der Waals surface area contributed by atoms with Crippen LogP contribution in [-0.4, -0.2) is 22.3 Å². The molecule has 1 heterocycles. The molecule has 0 atom stereocenters. The Balaban J connectivity index is 2.49. The van der Waals surface area contributed by atoms with Crippen molar-refractivity contribution in [3.8, 4) is 0 Å². The van der Waals surface area contributed by atoms with Crippen molar-refractivity contribution in [2.45, 2.75) is 0 Å². The number of amides is 2. The van der Waals surface area contributed by atoms with Gasteiger partial charge in [-0.3, -0.25) is 20.4 Å². The molecule has 58 valence electrons. The highest BCUT2D eigenvalue weighted by Gasteiger charge is 2.04. The number of rotatable bonds is 3. The average Bonchev–Trinajstić information content (AvgIpc) is 2.52. The highest BCUT2D eigenvalue weighted by atomic mass is 16.2. The lowest BCUT2D eigenvalue weighted by Gasteiger charge is -1.96. The summed E-state index contributed by atoms with van der Waals surface area (Å²) in [5.74, 6) is -0.460. The van der Waals surface area contributed by atoms with Crippen molar-refractivity contribution in [1.29, 1.82) is 0 Å². The van der Waals surface area contributed by atoms with Crippen LogP contribution in [0, 0.1) is 0 Å². The van der Waals surface area contributed by atoms with Crippen molar-refractivity contribution in [3.05, 3.63) is 18.2 Å². The van der Waals surface area contributed by atoms with E-state index in [0.717, 1.165) is 0 Å². The molecule has 1 rings (SSSR count). The highest BCUT2D eigenvalue weighted by Crippen LogP contribution is 1.87. The fourth-order valence-electron chi connectivity index (χ4n) is 0.544. The van der Waals surface area contributed by atoms with Gasteiger partial charge in [-0.1, -0.05) is 0 Å². The lowest BCUT2D eigenvalue weighted by molar-refractivity contribution is -0.110. The maximum atomic E-state index is 10.8. The molecular weight excluding hydrogens is 148 g/mol. The first-order chi connectivity index (χ1) is 5.34. The third-order valence-corrected chi connectivity index (χ3v) is 0.975. The third-order valence-electron chi connectivity index (χ3n) is 0.975. The largest absolute Gasteiger partial charge is 0.350 e. The Kier molecular flexibility index (Phi) is 2.21. The van der Waals surface area contributed by atoms with Gasteiger partial charge in [-0.25, -0.2) is 4.98 Å². The van der Waals surface area contributed by atoms with E-state index in [9.17, 15) is 9.59 Å². The summed E-state index contributed by atoms with van der Waals surface area (Å²) < 4.78 is 0. The standard InChI is InChI=1S/C5H6N4O2/c10-3-8-9-5(11)4-1-6-2-7-4/h1-3H,(H,6,7)(H,8,10)(H,9,11). The summed E-state index contributed by atoms with van der Waals surface area (Å²) in [4.78, 5) is 26.8. The van der Waals surface area contributed by atoms with Crippen molar-refractivity contribution in [2.75, 3.05) is 0 Å². The van der Waals surface area contributed by atoms with Gasteiger partial charge >= 0.3 is 0 Å². The SMILES string of the molecule is O=CNNC(=O)c1c[nH]cn1. The molecule has 11 heavy (non-hydrogen) atoms. The van der Waals surface area contributed by atoms with Crippen LogP contribution in [0.2, 0.25) is 0 Å². The Hall–Kier alpha value is -1.85. The van der Waals surface area contributed by atoms with E-state index in [1.54, 1.807) is 0 Å². The van der Waals surface area contributed by atoms with Crippen LogP contribution in [0.5, 0.6) is 0 Å². The first-order valence-corrected chi connectivity index (χ1v) is 2.83. The van der Waals surface area contributed by atoms with Crippen molar-refractivity contribution >= 4 is 12.3 Å². The van der Waals surface area contributed by atoms with Gasteiger partial charge in [0.25, 0.3) is 5.91 Å². The van der Waals surface area contributed by atoms with Crippen LogP contribution in [0.4, 0.5) is 0 Å². The summed E-state index contributed by atoms with van der Waals surface area (Å²) >= 11 is 0. The molecule has 0 fully saturated rings. The van der Waals surface area contributed by atoms with E-state index >= 15 is 0 Å². The molecule has 1 aromatic heterocycles. The first kappa shape index (κ1) is 7.26. The summed E-state index contributed by atoms with van der Waals surface area (Å²) in [5.41, 5.74) is 4.32. The summed E-state index contributed by atoms with van der Waals surface area (Å²) in [5, 5.41) is 0. The molecule has 0 spiro atoms. The third kappa shape index (κ3) is 1.78. The minimum atomic E-state index is -0.460. The van der Waals surface area contributed by atoms with Crippen LogP contribution < -0.4 is 10.9 Å². The van der Waals surface area contributed by atoms with Crippen LogP contribution in [0.1, 0.15) is 10.5 Å². The summed E-state index contributed by atoms with van der Waals surface area (Å²) in [7, 11) is 0. The fourth-order valence-corrected chi connectivity index (χ4v) is 0.544. The molecule has 0 aliphatic heterocycles. The van der Waals surface area contributed by atoms with Gasteiger partial charge in [0.2, 0.25) is 6.41 Å². The molecule has 0 aromatic carbocycles. The second kappa shape index (κ2) is 3.35. The van der Waals surface area contributed by atoms with Gasteiger partial charge in [-0.15, -0.1) is 0 Å². The van der Waals surface area contributed by atoms with E-state index in [0.29, 0.717) is 6.41 Å². The van der Waals surface area contributed by atoms with Gasteiger partial charge in [0, 0.05) is 6.20 Å². The van der Waals surface area contributed by atoms with Gasteiger partial charge in [0.1, 0.15) is 5.69 Å². The van der Waals surface area contributed by atoms with Crippen molar-refractivity contribution in [3.63, 3.8) is 0 Å².